The number of ether oxygens (including phenoxy) is 2. The first-order valence-electron chi connectivity index (χ1n) is 13.0. The van der Waals surface area contributed by atoms with Crippen molar-refractivity contribution in [2.24, 2.45) is 11.8 Å². The lowest BCUT2D eigenvalue weighted by Crippen LogP contribution is -2.54. The molecule has 7 nitrogen and oxygen atoms in total. The SMILES string of the molecule is COC(=O)[C@@H]1[C@@H]([C@@H]2N(c3ccccc3)C[C@@H]3CCCN32)[C@H](C(=O)OC(C)(C)C)N[C@@H]1c1ccccc1. The number of para-hydroxylation sites is 1. The van der Waals surface area contributed by atoms with Gasteiger partial charge in [0, 0.05) is 36.8 Å². The van der Waals surface area contributed by atoms with Crippen molar-refractivity contribution in [3.63, 3.8) is 0 Å². The van der Waals surface area contributed by atoms with Gasteiger partial charge in [0.2, 0.25) is 0 Å². The third-order valence-corrected chi connectivity index (χ3v) is 7.73. The van der Waals surface area contributed by atoms with Crippen LogP contribution in [0.5, 0.6) is 0 Å². The van der Waals surface area contributed by atoms with E-state index in [1.54, 1.807) is 0 Å². The number of nitrogens with one attached hydrogen (secondary N) is 1. The fourth-order valence-corrected chi connectivity index (χ4v) is 6.40. The molecule has 7 heteroatoms. The smallest absolute Gasteiger partial charge is 0.324 e. The lowest BCUT2D eigenvalue weighted by molar-refractivity contribution is -0.159. The first-order chi connectivity index (χ1) is 17.3. The standard InChI is InChI=1S/C29H37N3O4/c1-29(2,3)36-28(34)25-22(23(27(33)35-4)24(30-25)19-12-7-5-8-13-19)26-31-17-11-16-21(31)18-32(26)20-14-9-6-10-15-20/h5-10,12-15,21-26,30H,11,16-18H2,1-4H3/t21-,22+,23+,24+,25+,26-/m0/s1. The van der Waals surface area contributed by atoms with Gasteiger partial charge in [-0.25, -0.2) is 0 Å². The second kappa shape index (κ2) is 9.87. The summed E-state index contributed by atoms with van der Waals surface area (Å²) >= 11 is 0. The monoisotopic (exact) mass is 491 g/mol. The van der Waals surface area contributed by atoms with Crippen LogP contribution in [-0.4, -0.2) is 60.9 Å². The molecule has 0 unspecified atom stereocenters. The zero-order valence-electron chi connectivity index (χ0n) is 21.6. The van der Waals surface area contributed by atoms with Gasteiger partial charge in [0.25, 0.3) is 0 Å². The highest BCUT2D eigenvalue weighted by atomic mass is 16.6. The summed E-state index contributed by atoms with van der Waals surface area (Å²) in [6, 6.07) is 19.6. The highest BCUT2D eigenvalue weighted by molar-refractivity contribution is 5.82. The number of anilines is 1. The lowest BCUT2D eigenvalue weighted by Gasteiger charge is -2.39. The van der Waals surface area contributed by atoms with Gasteiger partial charge < -0.3 is 14.4 Å². The van der Waals surface area contributed by atoms with Crippen LogP contribution in [0.4, 0.5) is 5.69 Å². The maximum atomic E-state index is 13.7. The molecule has 0 saturated carbocycles. The molecule has 3 heterocycles. The van der Waals surface area contributed by atoms with E-state index in [0.717, 1.165) is 37.2 Å². The predicted molar refractivity (Wildman–Crippen MR) is 138 cm³/mol. The summed E-state index contributed by atoms with van der Waals surface area (Å²) in [5.74, 6) is -1.54. The molecule has 2 aromatic carbocycles. The molecule has 3 saturated heterocycles. The number of fused-ring (bicyclic) bond motifs is 1. The van der Waals surface area contributed by atoms with Crippen molar-refractivity contribution in [1.82, 2.24) is 10.2 Å². The average molecular weight is 492 g/mol. The van der Waals surface area contributed by atoms with Crippen LogP contribution >= 0.6 is 0 Å². The van der Waals surface area contributed by atoms with Crippen LogP contribution in [0.15, 0.2) is 60.7 Å². The van der Waals surface area contributed by atoms with Crippen LogP contribution in [0.1, 0.15) is 45.2 Å². The molecule has 5 rings (SSSR count). The topological polar surface area (TPSA) is 71.1 Å². The summed E-state index contributed by atoms with van der Waals surface area (Å²) < 4.78 is 11.3. The number of hydrogen-bond acceptors (Lipinski definition) is 7. The minimum absolute atomic E-state index is 0.136. The summed E-state index contributed by atoms with van der Waals surface area (Å²) in [6.45, 7) is 7.45. The van der Waals surface area contributed by atoms with Gasteiger partial charge in [0.1, 0.15) is 11.6 Å². The number of methoxy groups -OCH3 is 1. The Kier molecular flexibility index (Phi) is 6.79. The summed E-state index contributed by atoms with van der Waals surface area (Å²) in [6.07, 6.45) is 2.09. The summed E-state index contributed by atoms with van der Waals surface area (Å²) in [5.41, 5.74) is 1.43. The quantitative estimate of drug-likeness (QED) is 0.639. The van der Waals surface area contributed by atoms with Crippen molar-refractivity contribution >= 4 is 17.6 Å². The van der Waals surface area contributed by atoms with Crippen molar-refractivity contribution in [1.29, 1.82) is 0 Å². The van der Waals surface area contributed by atoms with Gasteiger partial charge in [0.05, 0.1) is 19.2 Å². The Morgan fingerprint density at radius 3 is 2.28 bits per heavy atom. The minimum Gasteiger partial charge on any atom is -0.469 e. The van der Waals surface area contributed by atoms with Crippen molar-refractivity contribution in [2.45, 2.75) is 63.5 Å². The normalized spacial score (nSPS) is 30.3. The van der Waals surface area contributed by atoms with Crippen LogP contribution in [0.25, 0.3) is 0 Å². The van der Waals surface area contributed by atoms with Gasteiger partial charge in [-0.15, -0.1) is 0 Å². The van der Waals surface area contributed by atoms with E-state index in [2.05, 4.69) is 27.2 Å². The summed E-state index contributed by atoms with van der Waals surface area (Å²) in [7, 11) is 1.44. The molecule has 2 aromatic rings. The maximum absolute atomic E-state index is 13.7. The van der Waals surface area contributed by atoms with E-state index in [-0.39, 0.29) is 30.1 Å². The highest BCUT2D eigenvalue weighted by Gasteiger charge is 2.59. The van der Waals surface area contributed by atoms with Crippen molar-refractivity contribution in [3.8, 4) is 0 Å². The van der Waals surface area contributed by atoms with Crippen LogP contribution in [0, 0.1) is 11.8 Å². The number of rotatable bonds is 5. The van der Waals surface area contributed by atoms with Crippen molar-refractivity contribution < 1.29 is 19.1 Å². The van der Waals surface area contributed by atoms with Crippen LogP contribution < -0.4 is 10.2 Å². The summed E-state index contributed by atoms with van der Waals surface area (Å²) in [4.78, 5) is 32.1. The molecule has 0 radical (unpaired) electrons. The van der Waals surface area contributed by atoms with E-state index in [1.807, 2.05) is 69.3 Å². The fraction of sp³-hybridized carbons (Fsp3) is 0.517. The number of hydrogen-bond donors (Lipinski definition) is 1. The molecule has 0 amide bonds. The average Bonchev–Trinajstić information content (AvgIpc) is 3.56. The van der Waals surface area contributed by atoms with Gasteiger partial charge in [0.15, 0.2) is 0 Å². The fourth-order valence-electron chi connectivity index (χ4n) is 6.40. The van der Waals surface area contributed by atoms with Crippen LogP contribution in [-0.2, 0) is 19.1 Å². The number of carbonyl (C=O) groups excluding carboxylic acids is 2. The second-order valence-corrected chi connectivity index (χ2v) is 11.1. The van der Waals surface area contributed by atoms with Gasteiger partial charge in [-0.1, -0.05) is 48.5 Å². The van der Waals surface area contributed by atoms with E-state index in [4.69, 9.17) is 9.47 Å². The molecule has 3 aliphatic heterocycles. The Hall–Kier alpha value is -2.90. The Balaban J connectivity index is 1.62. The van der Waals surface area contributed by atoms with Crippen molar-refractivity contribution in [3.05, 3.63) is 66.2 Å². The Morgan fingerprint density at radius 2 is 1.64 bits per heavy atom. The van der Waals surface area contributed by atoms with E-state index < -0.39 is 17.6 Å². The molecular formula is C29H37N3O4. The van der Waals surface area contributed by atoms with E-state index in [1.165, 1.54) is 7.11 Å². The first-order valence-corrected chi connectivity index (χ1v) is 13.0. The molecule has 6 atom stereocenters. The molecule has 3 fully saturated rings. The van der Waals surface area contributed by atoms with Gasteiger partial charge in [-0.2, -0.15) is 0 Å². The molecular weight excluding hydrogens is 454 g/mol. The number of nitrogens with zero attached hydrogens (tertiary/aromatic N) is 2. The zero-order valence-corrected chi connectivity index (χ0v) is 21.6. The van der Waals surface area contributed by atoms with E-state index in [0.29, 0.717) is 6.04 Å². The third-order valence-electron chi connectivity index (χ3n) is 7.73. The lowest BCUT2D eigenvalue weighted by atomic mass is 9.81. The second-order valence-electron chi connectivity index (χ2n) is 11.1. The molecule has 36 heavy (non-hydrogen) atoms. The molecule has 3 aliphatic rings. The molecule has 0 spiro atoms. The Bertz CT molecular complexity index is 1070. The molecule has 0 aromatic heterocycles. The minimum atomic E-state index is -0.658. The number of carbonyl (C=O) groups is 2. The molecule has 1 N–H and O–H groups in total. The van der Waals surface area contributed by atoms with E-state index >= 15 is 0 Å². The Morgan fingerprint density at radius 1 is 0.972 bits per heavy atom. The first kappa shape index (κ1) is 24.8. The molecule has 0 bridgehead atoms. The maximum Gasteiger partial charge on any atom is 0.324 e. The van der Waals surface area contributed by atoms with Gasteiger partial charge in [-0.05, 0) is 51.3 Å². The Labute approximate surface area is 213 Å². The van der Waals surface area contributed by atoms with Gasteiger partial charge in [-0.3, -0.25) is 19.8 Å². The third kappa shape index (κ3) is 4.62. The van der Waals surface area contributed by atoms with E-state index in [9.17, 15) is 9.59 Å². The molecule has 0 aliphatic carbocycles. The predicted octanol–water partition coefficient (Wildman–Crippen LogP) is 3.76. The largest absolute Gasteiger partial charge is 0.469 e. The van der Waals surface area contributed by atoms with Crippen LogP contribution in [0.2, 0.25) is 0 Å². The number of esters is 2. The van der Waals surface area contributed by atoms with Crippen molar-refractivity contribution in [2.75, 3.05) is 25.1 Å². The highest BCUT2D eigenvalue weighted by Crippen LogP contribution is 2.47. The summed E-state index contributed by atoms with van der Waals surface area (Å²) in [5, 5.41) is 3.55. The van der Waals surface area contributed by atoms with Crippen LogP contribution in [0.3, 0.4) is 0 Å². The zero-order chi connectivity index (χ0) is 25.4. The molecule has 192 valence electrons. The number of benzene rings is 2. The van der Waals surface area contributed by atoms with Gasteiger partial charge >= 0.3 is 11.9 Å².